The van der Waals surface area contributed by atoms with Gasteiger partial charge in [0, 0.05) is 12.0 Å². The molecule has 0 saturated heterocycles. The summed E-state index contributed by atoms with van der Waals surface area (Å²) in [4.78, 5) is 0. The molecule has 2 heteroatoms. The van der Waals surface area contributed by atoms with E-state index in [-0.39, 0.29) is 17.3 Å². The van der Waals surface area contributed by atoms with Gasteiger partial charge in [0.25, 0.3) is 0 Å². The molecule has 2 rings (SSSR count). The molecule has 2 atom stereocenters. The van der Waals surface area contributed by atoms with Gasteiger partial charge < -0.3 is 5.73 Å². The number of rotatable bonds is 1. The van der Waals surface area contributed by atoms with E-state index in [1.807, 2.05) is 12.1 Å². The highest BCUT2D eigenvalue weighted by Crippen LogP contribution is 2.57. The summed E-state index contributed by atoms with van der Waals surface area (Å²) in [6.07, 6.45) is 0. The Bertz CT molecular complexity index is 315. The van der Waals surface area contributed by atoms with Gasteiger partial charge in [-0.05, 0) is 23.1 Å². The van der Waals surface area contributed by atoms with Crippen molar-refractivity contribution in [2.75, 3.05) is 0 Å². The van der Waals surface area contributed by atoms with Gasteiger partial charge in [-0.3, -0.25) is 0 Å². The Labute approximate surface area is 77.8 Å². The zero-order valence-corrected chi connectivity index (χ0v) is 7.92. The second kappa shape index (κ2) is 2.55. The van der Waals surface area contributed by atoms with E-state index in [2.05, 4.69) is 13.8 Å². The van der Waals surface area contributed by atoms with Gasteiger partial charge in [0.1, 0.15) is 5.82 Å². The van der Waals surface area contributed by atoms with Crippen molar-refractivity contribution >= 4 is 0 Å². The zero-order valence-electron chi connectivity index (χ0n) is 7.92. The highest BCUT2D eigenvalue weighted by Gasteiger charge is 2.55. The van der Waals surface area contributed by atoms with E-state index in [0.717, 1.165) is 5.56 Å². The van der Waals surface area contributed by atoms with Crippen LogP contribution < -0.4 is 5.73 Å². The van der Waals surface area contributed by atoms with Gasteiger partial charge in [-0.15, -0.1) is 0 Å². The van der Waals surface area contributed by atoms with Crippen LogP contribution in [0.25, 0.3) is 0 Å². The average molecular weight is 179 g/mol. The highest BCUT2D eigenvalue weighted by molar-refractivity contribution is 5.33. The van der Waals surface area contributed by atoms with Gasteiger partial charge in [-0.25, -0.2) is 4.39 Å². The molecule has 0 amide bonds. The number of nitrogens with two attached hydrogens (primary N) is 1. The summed E-state index contributed by atoms with van der Waals surface area (Å²) in [5.41, 5.74) is 7.25. The lowest BCUT2D eigenvalue weighted by atomic mass is 10.0. The first-order valence-corrected chi connectivity index (χ1v) is 4.54. The van der Waals surface area contributed by atoms with Crippen molar-refractivity contribution in [3.05, 3.63) is 35.6 Å². The molecule has 1 aliphatic carbocycles. The summed E-state index contributed by atoms with van der Waals surface area (Å²) in [5.74, 6) is 0.212. The lowest BCUT2D eigenvalue weighted by Crippen LogP contribution is -2.06. The van der Waals surface area contributed by atoms with Crippen LogP contribution in [0.4, 0.5) is 4.39 Å². The Hall–Kier alpha value is -0.890. The minimum Gasteiger partial charge on any atom is -0.327 e. The molecule has 1 nitrogen and oxygen atoms in total. The SMILES string of the molecule is CC1(C)[C@@H](N)[C@@H]1c1ccc(F)cc1. The molecule has 13 heavy (non-hydrogen) atoms. The normalized spacial score (nSPS) is 30.2. The first-order valence-electron chi connectivity index (χ1n) is 4.54. The van der Waals surface area contributed by atoms with E-state index in [9.17, 15) is 4.39 Å². The number of benzene rings is 1. The third kappa shape index (κ3) is 1.25. The maximum atomic E-state index is 12.6. The monoisotopic (exact) mass is 179 g/mol. The Morgan fingerprint density at radius 3 is 2.08 bits per heavy atom. The molecule has 0 radical (unpaired) electrons. The summed E-state index contributed by atoms with van der Waals surface area (Å²) in [7, 11) is 0. The van der Waals surface area contributed by atoms with Crippen molar-refractivity contribution in [2.45, 2.75) is 25.8 Å². The molecular weight excluding hydrogens is 165 g/mol. The smallest absolute Gasteiger partial charge is 0.123 e. The quantitative estimate of drug-likeness (QED) is 0.703. The van der Waals surface area contributed by atoms with Crippen molar-refractivity contribution in [2.24, 2.45) is 11.1 Å². The maximum Gasteiger partial charge on any atom is 0.123 e. The van der Waals surface area contributed by atoms with Crippen LogP contribution in [-0.4, -0.2) is 6.04 Å². The Kier molecular flexibility index (Phi) is 1.70. The molecule has 0 bridgehead atoms. The van der Waals surface area contributed by atoms with Gasteiger partial charge in [-0.1, -0.05) is 26.0 Å². The molecule has 1 aromatic rings. The van der Waals surface area contributed by atoms with Crippen molar-refractivity contribution < 1.29 is 4.39 Å². The Morgan fingerprint density at radius 2 is 1.69 bits per heavy atom. The first-order chi connectivity index (χ1) is 6.03. The minimum atomic E-state index is -0.184. The molecule has 1 fully saturated rings. The average Bonchev–Trinajstić information content (AvgIpc) is 2.55. The van der Waals surface area contributed by atoms with Crippen LogP contribution in [0.1, 0.15) is 25.3 Å². The summed E-state index contributed by atoms with van der Waals surface area (Å²) in [5, 5.41) is 0. The van der Waals surface area contributed by atoms with Crippen molar-refractivity contribution in [3.8, 4) is 0 Å². The van der Waals surface area contributed by atoms with Gasteiger partial charge in [-0.2, -0.15) is 0 Å². The van der Waals surface area contributed by atoms with Gasteiger partial charge in [0.05, 0.1) is 0 Å². The molecule has 0 aliphatic heterocycles. The number of hydrogen-bond acceptors (Lipinski definition) is 1. The zero-order chi connectivity index (χ0) is 9.64. The molecule has 0 unspecified atom stereocenters. The van der Waals surface area contributed by atoms with Gasteiger partial charge >= 0.3 is 0 Å². The van der Waals surface area contributed by atoms with Crippen LogP contribution in [0, 0.1) is 11.2 Å². The molecule has 1 saturated carbocycles. The number of hydrogen-bond donors (Lipinski definition) is 1. The second-order valence-electron chi connectivity index (χ2n) is 4.38. The lowest BCUT2D eigenvalue weighted by Gasteiger charge is -2.01. The molecular formula is C11H14FN. The van der Waals surface area contributed by atoms with Gasteiger partial charge in [0.2, 0.25) is 0 Å². The fraction of sp³-hybridized carbons (Fsp3) is 0.455. The first kappa shape index (κ1) is 8.70. The summed E-state index contributed by atoms with van der Waals surface area (Å²) in [6.45, 7) is 4.29. The highest BCUT2D eigenvalue weighted by atomic mass is 19.1. The summed E-state index contributed by atoms with van der Waals surface area (Å²) < 4.78 is 12.6. The molecule has 1 aromatic carbocycles. The van der Waals surface area contributed by atoms with Crippen molar-refractivity contribution in [1.29, 1.82) is 0 Å². The van der Waals surface area contributed by atoms with Crippen LogP contribution in [-0.2, 0) is 0 Å². The predicted molar refractivity (Wildman–Crippen MR) is 50.9 cm³/mol. The molecule has 0 aromatic heterocycles. The van der Waals surface area contributed by atoms with Crippen LogP contribution in [0.5, 0.6) is 0 Å². The van der Waals surface area contributed by atoms with E-state index in [1.165, 1.54) is 12.1 Å². The molecule has 2 N–H and O–H groups in total. The van der Waals surface area contributed by atoms with Gasteiger partial charge in [0.15, 0.2) is 0 Å². The van der Waals surface area contributed by atoms with E-state index in [4.69, 9.17) is 5.73 Å². The molecule has 70 valence electrons. The lowest BCUT2D eigenvalue weighted by molar-refractivity contribution is 0.597. The summed E-state index contributed by atoms with van der Waals surface area (Å²) in [6, 6.07) is 6.87. The van der Waals surface area contributed by atoms with Crippen LogP contribution in [0.15, 0.2) is 24.3 Å². The van der Waals surface area contributed by atoms with E-state index < -0.39 is 0 Å². The van der Waals surface area contributed by atoms with Crippen molar-refractivity contribution in [1.82, 2.24) is 0 Å². The minimum absolute atomic E-state index is 0.178. The second-order valence-corrected chi connectivity index (χ2v) is 4.38. The van der Waals surface area contributed by atoms with Crippen molar-refractivity contribution in [3.63, 3.8) is 0 Å². The Balaban J connectivity index is 2.25. The molecule has 1 aliphatic rings. The van der Waals surface area contributed by atoms with E-state index in [0.29, 0.717) is 5.92 Å². The number of halogens is 1. The third-order valence-electron chi connectivity index (χ3n) is 3.14. The summed E-state index contributed by atoms with van der Waals surface area (Å²) >= 11 is 0. The molecule has 0 spiro atoms. The Morgan fingerprint density at radius 1 is 1.23 bits per heavy atom. The topological polar surface area (TPSA) is 26.0 Å². The van der Waals surface area contributed by atoms with E-state index >= 15 is 0 Å². The maximum absolute atomic E-state index is 12.6. The standard InChI is InChI=1S/C11H14FN/c1-11(2)9(10(11)13)7-3-5-8(12)6-4-7/h3-6,9-10H,13H2,1-2H3/t9-,10-/m0/s1. The van der Waals surface area contributed by atoms with Crippen LogP contribution >= 0.6 is 0 Å². The predicted octanol–water partition coefficient (Wildman–Crippen LogP) is 2.28. The van der Waals surface area contributed by atoms with Crippen LogP contribution in [0.2, 0.25) is 0 Å². The van der Waals surface area contributed by atoms with E-state index in [1.54, 1.807) is 0 Å². The van der Waals surface area contributed by atoms with Crippen LogP contribution in [0.3, 0.4) is 0 Å². The fourth-order valence-corrected chi connectivity index (χ4v) is 1.98. The fourth-order valence-electron chi connectivity index (χ4n) is 1.98. The third-order valence-corrected chi connectivity index (χ3v) is 3.14. The molecule has 0 heterocycles. The largest absolute Gasteiger partial charge is 0.327 e.